The maximum atomic E-state index is 12.7. The van der Waals surface area contributed by atoms with Crippen molar-refractivity contribution in [3.05, 3.63) is 48.6 Å². The third kappa shape index (κ3) is 48.3. The zero-order chi connectivity index (χ0) is 44.4. The Morgan fingerprint density at radius 1 is 0.344 bits per heavy atom. The van der Waals surface area contributed by atoms with Gasteiger partial charge in [0.05, 0.1) is 0 Å². The van der Waals surface area contributed by atoms with Crippen molar-refractivity contribution in [2.75, 3.05) is 13.2 Å². The van der Waals surface area contributed by atoms with Crippen LogP contribution in [-0.2, 0) is 28.6 Å². The highest BCUT2D eigenvalue weighted by molar-refractivity contribution is 5.71. The number of esters is 3. The molecule has 1 unspecified atom stereocenters. The van der Waals surface area contributed by atoms with Gasteiger partial charge in [-0.25, -0.2) is 0 Å². The molecule has 0 bridgehead atoms. The second kappa shape index (κ2) is 50.0. The van der Waals surface area contributed by atoms with Crippen LogP contribution in [0.2, 0.25) is 0 Å². The molecule has 6 heteroatoms. The molecular weight excluding hydrogens is 757 g/mol. The molecule has 0 aliphatic rings. The smallest absolute Gasteiger partial charge is 0.306 e. The number of rotatable bonds is 47. The number of carbonyl (C=O) groups is 3. The molecule has 0 spiro atoms. The average Bonchev–Trinajstić information content (AvgIpc) is 3.26. The van der Waals surface area contributed by atoms with Crippen molar-refractivity contribution in [2.24, 2.45) is 0 Å². The Morgan fingerprint density at radius 3 is 0.967 bits per heavy atom. The maximum absolute atomic E-state index is 12.7. The second-order valence-electron chi connectivity index (χ2n) is 17.4. The van der Waals surface area contributed by atoms with E-state index in [-0.39, 0.29) is 37.5 Å². The molecule has 0 radical (unpaired) electrons. The van der Waals surface area contributed by atoms with Gasteiger partial charge >= 0.3 is 17.9 Å². The van der Waals surface area contributed by atoms with Gasteiger partial charge in [-0.15, -0.1) is 0 Å². The summed E-state index contributed by atoms with van der Waals surface area (Å²) in [6, 6.07) is 0. The summed E-state index contributed by atoms with van der Waals surface area (Å²) in [6.45, 7) is 6.48. The Bertz CT molecular complexity index is 1070. The van der Waals surface area contributed by atoms with Crippen LogP contribution in [0.3, 0.4) is 0 Å². The Balaban J connectivity index is 4.39. The van der Waals surface area contributed by atoms with Crippen LogP contribution >= 0.6 is 0 Å². The normalized spacial score (nSPS) is 12.4. The average molecular weight is 855 g/mol. The van der Waals surface area contributed by atoms with E-state index in [1.54, 1.807) is 0 Å². The Kier molecular flexibility index (Phi) is 47.9. The Morgan fingerprint density at radius 2 is 0.639 bits per heavy atom. The number of hydrogen-bond donors (Lipinski definition) is 0. The highest BCUT2D eigenvalue weighted by Gasteiger charge is 2.19. The quantitative estimate of drug-likeness (QED) is 0.0263. The number of allylic oxidation sites excluding steroid dienone is 8. The van der Waals surface area contributed by atoms with Gasteiger partial charge in [-0.2, -0.15) is 0 Å². The molecule has 0 aromatic heterocycles. The van der Waals surface area contributed by atoms with Crippen LogP contribution in [0.4, 0.5) is 0 Å². The van der Waals surface area contributed by atoms with E-state index in [1.165, 1.54) is 154 Å². The van der Waals surface area contributed by atoms with E-state index >= 15 is 0 Å². The number of carbonyl (C=O) groups excluding carboxylic acids is 3. The first kappa shape index (κ1) is 58.4. The van der Waals surface area contributed by atoms with Crippen LogP contribution in [0.1, 0.15) is 265 Å². The lowest BCUT2D eigenvalue weighted by Gasteiger charge is -2.18. The first-order valence-electron chi connectivity index (χ1n) is 26.1. The minimum atomic E-state index is -0.806. The summed E-state index contributed by atoms with van der Waals surface area (Å²) in [5.41, 5.74) is 0. The van der Waals surface area contributed by atoms with Crippen LogP contribution in [0, 0.1) is 0 Å². The second-order valence-corrected chi connectivity index (χ2v) is 17.4. The maximum Gasteiger partial charge on any atom is 0.306 e. The topological polar surface area (TPSA) is 78.9 Å². The van der Waals surface area contributed by atoms with Gasteiger partial charge in [0.2, 0.25) is 0 Å². The van der Waals surface area contributed by atoms with Gasteiger partial charge < -0.3 is 14.2 Å². The van der Waals surface area contributed by atoms with Crippen molar-refractivity contribution in [2.45, 2.75) is 271 Å². The first-order chi connectivity index (χ1) is 30.0. The fourth-order valence-electron chi connectivity index (χ4n) is 7.46. The zero-order valence-corrected chi connectivity index (χ0v) is 40.4. The molecule has 0 N–H and O–H groups in total. The lowest BCUT2D eigenvalue weighted by molar-refractivity contribution is -0.166. The summed E-state index contributed by atoms with van der Waals surface area (Å²) in [6.07, 6.45) is 59.7. The minimum Gasteiger partial charge on any atom is -0.462 e. The fourth-order valence-corrected chi connectivity index (χ4v) is 7.46. The van der Waals surface area contributed by atoms with E-state index < -0.39 is 6.10 Å². The molecule has 0 amide bonds. The molecule has 61 heavy (non-hydrogen) atoms. The monoisotopic (exact) mass is 855 g/mol. The standard InChI is InChI=1S/C55H98O6/c1-4-7-10-13-16-19-22-25-26-27-28-31-33-36-39-42-45-48-54(57)60-51-52(61-55(58)49-46-43-40-37-34-30-24-21-18-15-12-9-6-3)50-59-53(56)47-44-41-38-35-32-29-23-20-17-14-11-8-5-2/h9,12,18,21,30,34,40,43,52H,4-8,10-11,13-17,19-20,22-29,31-33,35-39,41-42,44-51H2,1-3H3/b12-9-,21-18-,34-30-,43-40-. The Hall–Kier alpha value is -2.63. The summed E-state index contributed by atoms with van der Waals surface area (Å²) < 4.78 is 16.7. The highest BCUT2D eigenvalue weighted by Crippen LogP contribution is 2.16. The number of hydrogen-bond acceptors (Lipinski definition) is 6. The molecule has 0 aromatic carbocycles. The first-order valence-corrected chi connectivity index (χ1v) is 26.1. The summed E-state index contributed by atoms with van der Waals surface area (Å²) >= 11 is 0. The van der Waals surface area contributed by atoms with E-state index in [9.17, 15) is 14.4 Å². The van der Waals surface area contributed by atoms with E-state index in [2.05, 4.69) is 57.2 Å². The number of ether oxygens (including phenoxy) is 3. The van der Waals surface area contributed by atoms with Crippen LogP contribution < -0.4 is 0 Å². The molecule has 0 aromatic rings. The molecule has 0 saturated heterocycles. The Labute approximate surface area is 378 Å². The molecule has 0 saturated carbocycles. The number of unbranched alkanes of at least 4 members (excludes halogenated alkanes) is 28. The van der Waals surface area contributed by atoms with Gasteiger partial charge in [-0.1, -0.05) is 249 Å². The molecule has 0 heterocycles. The zero-order valence-electron chi connectivity index (χ0n) is 40.4. The van der Waals surface area contributed by atoms with Gasteiger partial charge in [0.25, 0.3) is 0 Å². The summed E-state index contributed by atoms with van der Waals surface area (Å²) in [4.78, 5) is 37.9. The van der Waals surface area contributed by atoms with Gasteiger partial charge in [0, 0.05) is 19.3 Å². The largest absolute Gasteiger partial charge is 0.462 e. The molecule has 0 fully saturated rings. The van der Waals surface area contributed by atoms with Crippen molar-refractivity contribution in [1.29, 1.82) is 0 Å². The molecular formula is C55H98O6. The third-order valence-corrected chi connectivity index (χ3v) is 11.4. The lowest BCUT2D eigenvalue weighted by Crippen LogP contribution is -2.30. The highest BCUT2D eigenvalue weighted by atomic mass is 16.6. The van der Waals surface area contributed by atoms with Crippen LogP contribution in [-0.4, -0.2) is 37.2 Å². The third-order valence-electron chi connectivity index (χ3n) is 11.4. The summed E-state index contributed by atoms with van der Waals surface area (Å²) in [5.74, 6) is -0.969. The molecule has 1 atom stereocenters. The van der Waals surface area contributed by atoms with Crippen molar-refractivity contribution >= 4 is 17.9 Å². The van der Waals surface area contributed by atoms with Crippen molar-refractivity contribution in [3.63, 3.8) is 0 Å². The minimum absolute atomic E-state index is 0.0977. The van der Waals surface area contributed by atoms with Gasteiger partial charge in [0.15, 0.2) is 6.10 Å². The summed E-state index contributed by atoms with van der Waals surface area (Å²) in [7, 11) is 0. The van der Waals surface area contributed by atoms with Crippen molar-refractivity contribution < 1.29 is 28.6 Å². The molecule has 0 aliphatic heterocycles. The van der Waals surface area contributed by atoms with E-state index in [0.717, 1.165) is 64.2 Å². The predicted molar refractivity (Wildman–Crippen MR) is 261 cm³/mol. The van der Waals surface area contributed by atoms with Crippen molar-refractivity contribution in [1.82, 2.24) is 0 Å². The summed E-state index contributed by atoms with van der Waals surface area (Å²) in [5, 5.41) is 0. The van der Waals surface area contributed by atoms with Gasteiger partial charge in [0.1, 0.15) is 13.2 Å². The van der Waals surface area contributed by atoms with Gasteiger partial charge in [-0.05, 0) is 44.9 Å². The van der Waals surface area contributed by atoms with Crippen LogP contribution in [0.15, 0.2) is 48.6 Å². The van der Waals surface area contributed by atoms with Crippen LogP contribution in [0.5, 0.6) is 0 Å². The van der Waals surface area contributed by atoms with E-state index in [1.807, 2.05) is 12.2 Å². The molecule has 354 valence electrons. The van der Waals surface area contributed by atoms with E-state index in [4.69, 9.17) is 14.2 Å². The van der Waals surface area contributed by atoms with Crippen molar-refractivity contribution in [3.8, 4) is 0 Å². The molecule has 0 rings (SSSR count). The fraction of sp³-hybridized carbons (Fsp3) is 0.800. The lowest BCUT2D eigenvalue weighted by atomic mass is 10.0. The predicted octanol–water partition coefficient (Wildman–Crippen LogP) is 17.1. The van der Waals surface area contributed by atoms with Gasteiger partial charge in [-0.3, -0.25) is 14.4 Å². The molecule has 0 aliphatic carbocycles. The SMILES string of the molecule is CC/C=C\C/C=C\C/C=C\C/C=C\CCC(=O)OC(COC(=O)CCCCCCCCCCCCCCC)COC(=O)CCCCCCCCCCCCCCCCCCC. The molecule has 6 nitrogen and oxygen atoms in total. The van der Waals surface area contributed by atoms with E-state index in [0.29, 0.717) is 19.3 Å². The van der Waals surface area contributed by atoms with Crippen LogP contribution in [0.25, 0.3) is 0 Å².